The van der Waals surface area contributed by atoms with Gasteiger partial charge in [0, 0.05) is 133 Å². The van der Waals surface area contributed by atoms with Crippen molar-refractivity contribution in [2.45, 2.75) is 6.42 Å². The Morgan fingerprint density at radius 2 is 1.02 bits per heavy atom. The summed E-state index contributed by atoms with van der Waals surface area (Å²) in [4.78, 5) is 50.1. The van der Waals surface area contributed by atoms with Crippen LogP contribution < -0.4 is 14.7 Å². The van der Waals surface area contributed by atoms with E-state index in [0.717, 1.165) is 49.6 Å². The molecule has 66 heavy (non-hydrogen) atoms. The highest BCUT2D eigenvalue weighted by atomic mass is 35.5. The molecule has 0 unspecified atom stereocenters. The summed E-state index contributed by atoms with van der Waals surface area (Å²) in [5.74, 6) is 0. The molecular formula is C53H57ClN10O2. The lowest BCUT2D eigenvalue weighted by atomic mass is 10.1. The van der Waals surface area contributed by atoms with Crippen molar-refractivity contribution in [2.24, 2.45) is 4.99 Å². The predicted octanol–water partition coefficient (Wildman–Crippen LogP) is 10.2. The minimum atomic E-state index is -0.345. The molecule has 2 fully saturated rings. The second-order valence-electron chi connectivity index (χ2n) is 15.3. The number of benzene rings is 4. The Bertz CT molecular complexity index is 2470. The van der Waals surface area contributed by atoms with E-state index >= 15 is 0 Å². The summed E-state index contributed by atoms with van der Waals surface area (Å²) < 4.78 is 1.58. The molecule has 0 aliphatic carbocycles. The maximum atomic E-state index is 12.7. The van der Waals surface area contributed by atoms with Crippen molar-refractivity contribution in [3.8, 4) is 11.3 Å². The number of piperazine rings is 2. The number of imidazole rings is 1. The monoisotopic (exact) mass is 900 g/mol. The Morgan fingerprint density at radius 1 is 0.545 bits per heavy atom. The summed E-state index contributed by atoms with van der Waals surface area (Å²) in [7, 11) is 4.02. The molecule has 0 bridgehead atoms. The second-order valence-corrected chi connectivity index (χ2v) is 15.6. The first-order chi connectivity index (χ1) is 32.4. The first-order valence-electron chi connectivity index (χ1n) is 22.0. The molecule has 10 rings (SSSR count). The fourth-order valence-corrected chi connectivity index (χ4v) is 7.22. The molecule has 2 saturated heterocycles. The van der Waals surface area contributed by atoms with Crippen LogP contribution in [0.2, 0.25) is 0 Å². The molecule has 3 aliphatic rings. The van der Waals surface area contributed by atoms with Gasteiger partial charge in [0.2, 0.25) is 0 Å². The Balaban J connectivity index is 0.000000149. The van der Waals surface area contributed by atoms with E-state index < -0.39 is 0 Å². The number of pyridine rings is 2. The zero-order valence-electron chi connectivity index (χ0n) is 37.6. The van der Waals surface area contributed by atoms with Crippen LogP contribution in [0.25, 0.3) is 17.0 Å². The number of hydrogen-bond acceptors (Lipinski definition) is 9. The quantitative estimate of drug-likeness (QED) is 0.124. The highest BCUT2D eigenvalue weighted by Crippen LogP contribution is 2.21. The number of halogens is 1. The van der Waals surface area contributed by atoms with Gasteiger partial charge in [0.05, 0.1) is 11.4 Å². The fraction of sp³-hybridized carbons (Fsp3) is 0.208. The summed E-state index contributed by atoms with van der Waals surface area (Å²) in [5.41, 5.74) is 7.75. The summed E-state index contributed by atoms with van der Waals surface area (Å²) in [6.07, 6.45) is 15.5. The zero-order chi connectivity index (χ0) is 46.2. The molecule has 0 N–H and O–H groups in total. The van der Waals surface area contributed by atoms with Crippen molar-refractivity contribution in [2.75, 3.05) is 81.2 Å². The molecule has 7 aromatic rings. The normalized spacial score (nSPS) is 13.8. The van der Waals surface area contributed by atoms with Gasteiger partial charge in [-0.1, -0.05) is 109 Å². The van der Waals surface area contributed by atoms with E-state index in [1.807, 2.05) is 145 Å². The van der Waals surface area contributed by atoms with Crippen molar-refractivity contribution in [3.05, 3.63) is 201 Å². The molecule has 0 radical (unpaired) electrons. The van der Waals surface area contributed by atoms with Crippen LogP contribution in [0, 0.1) is 0 Å². The van der Waals surface area contributed by atoms with Gasteiger partial charge in [-0.3, -0.25) is 24.3 Å². The maximum Gasteiger partial charge on any atom is 0.329 e. The molecule has 338 valence electrons. The smallest absolute Gasteiger partial charge is 0.329 e. The van der Waals surface area contributed by atoms with Gasteiger partial charge in [-0.05, 0) is 65.7 Å². The minimum Gasteiger partial charge on any atom is -0.378 e. The molecule has 4 aromatic carbocycles. The van der Waals surface area contributed by atoms with Crippen molar-refractivity contribution < 1.29 is 9.59 Å². The lowest BCUT2D eigenvalue weighted by molar-refractivity contribution is 0.196. The fourth-order valence-electron chi connectivity index (χ4n) is 7.05. The number of carbonyl (C=O) groups is 2. The molecule has 2 amide bonds. The number of aromatic nitrogens is 4. The molecule has 0 spiro atoms. The van der Waals surface area contributed by atoms with E-state index in [-0.39, 0.29) is 11.4 Å². The Kier molecular flexibility index (Phi) is 19.1. The molecule has 12 nitrogen and oxygen atoms in total. The number of amides is 2. The van der Waals surface area contributed by atoms with E-state index in [1.165, 1.54) is 22.6 Å². The van der Waals surface area contributed by atoms with Crippen molar-refractivity contribution >= 4 is 52.0 Å². The van der Waals surface area contributed by atoms with Gasteiger partial charge in [-0.2, -0.15) is 0 Å². The van der Waals surface area contributed by atoms with Gasteiger partial charge in [-0.25, -0.2) is 9.78 Å². The third-order valence-corrected chi connectivity index (χ3v) is 10.9. The standard InChI is InChI=1S/C20H20N4O.C11H13ClN2O.C10H9N.C7H10N2.C5H5N/c25-20(24-15-19(21-16-24)17-7-3-1-4-8-17)23-13-11-22(12-14-23)18-9-5-2-6-10-18;12-11(15)14-8-6-13(7-9-14)10-4-2-1-3-5-10;1-2-5-9(6-3-1)10-7-4-8-11-10;1-9(2)7-3-5-8-6-4-7;1-2-4-6-5-3-1/h1-10,15-16H,11-14H2;1-5H,6-9H2;1-3,5-8H,4H2;3-6H,1-2H3;1-5H. The van der Waals surface area contributed by atoms with E-state index in [1.54, 1.807) is 46.8 Å². The van der Waals surface area contributed by atoms with Gasteiger partial charge < -0.3 is 24.5 Å². The number of para-hydroxylation sites is 2. The highest BCUT2D eigenvalue weighted by Gasteiger charge is 2.23. The van der Waals surface area contributed by atoms with Crippen LogP contribution in [0.4, 0.5) is 26.7 Å². The van der Waals surface area contributed by atoms with Crippen LogP contribution in [0.15, 0.2) is 200 Å². The first kappa shape index (κ1) is 47.9. The number of nitrogens with zero attached hydrogens (tertiary/aromatic N) is 10. The van der Waals surface area contributed by atoms with Crippen molar-refractivity contribution in [1.29, 1.82) is 0 Å². The summed E-state index contributed by atoms with van der Waals surface area (Å²) in [6.45, 7) is 6.23. The summed E-state index contributed by atoms with van der Waals surface area (Å²) in [6, 6.07) is 50.3. The first-order valence-corrected chi connectivity index (χ1v) is 22.4. The lowest BCUT2D eigenvalue weighted by Crippen LogP contribution is -2.49. The van der Waals surface area contributed by atoms with Gasteiger partial charge in [0.25, 0.3) is 0 Å². The summed E-state index contributed by atoms with van der Waals surface area (Å²) >= 11 is 5.42. The highest BCUT2D eigenvalue weighted by molar-refractivity contribution is 6.62. The Hall–Kier alpha value is -7.57. The number of hydrogen-bond donors (Lipinski definition) is 0. The van der Waals surface area contributed by atoms with Crippen LogP contribution in [-0.4, -0.2) is 113 Å². The van der Waals surface area contributed by atoms with E-state index in [9.17, 15) is 9.59 Å². The molecular weight excluding hydrogens is 844 g/mol. The number of aliphatic imine (C=N–C) groups is 1. The van der Waals surface area contributed by atoms with E-state index in [4.69, 9.17) is 11.6 Å². The van der Waals surface area contributed by atoms with Gasteiger partial charge in [-0.15, -0.1) is 0 Å². The maximum absolute atomic E-state index is 12.7. The molecule has 6 heterocycles. The lowest BCUT2D eigenvalue weighted by Gasteiger charge is -2.35. The van der Waals surface area contributed by atoms with E-state index in [2.05, 4.69) is 72.2 Å². The molecule has 3 aromatic heterocycles. The van der Waals surface area contributed by atoms with Crippen molar-refractivity contribution in [3.63, 3.8) is 0 Å². The van der Waals surface area contributed by atoms with Crippen LogP contribution in [-0.2, 0) is 0 Å². The van der Waals surface area contributed by atoms with Crippen LogP contribution in [0.5, 0.6) is 0 Å². The van der Waals surface area contributed by atoms with E-state index in [0.29, 0.717) is 26.2 Å². The van der Waals surface area contributed by atoms with Crippen molar-refractivity contribution in [1.82, 2.24) is 29.3 Å². The molecule has 13 heteroatoms. The van der Waals surface area contributed by atoms with Gasteiger partial charge in [0.15, 0.2) is 0 Å². The SMILES string of the molecule is C1=NC(c2ccccc2)=CC1.CN(C)c1ccncc1.O=C(Cl)N1CCN(c2ccccc2)CC1.O=C(N1CCN(c2ccccc2)CC1)n1cnc(-c2ccccc2)c1.c1ccncc1. The number of allylic oxidation sites excluding steroid dienone is 1. The third kappa shape index (κ3) is 15.3. The third-order valence-electron chi connectivity index (χ3n) is 10.7. The Morgan fingerprint density at radius 3 is 1.44 bits per heavy atom. The van der Waals surface area contributed by atoms with Crippen LogP contribution >= 0.6 is 11.6 Å². The zero-order valence-corrected chi connectivity index (χ0v) is 38.3. The van der Waals surface area contributed by atoms with Gasteiger partial charge >= 0.3 is 11.4 Å². The minimum absolute atomic E-state index is 0.0117. The van der Waals surface area contributed by atoms with Crippen LogP contribution in [0.1, 0.15) is 12.0 Å². The van der Waals surface area contributed by atoms with Gasteiger partial charge in [0.1, 0.15) is 6.33 Å². The number of carbonyl (C=O) groups excluding carboxylic acids is 2. The second kappa shape index (κ2) is 26.3. The average molecular weight is 902 g/mol. The average Bonchev–Trinajstić information content (AvgIpc) is 4.14. The number of rotatable bonds is 5. The molecule has 0 atom stereocenters. The topological polar surface area (TPSA) is 106 Å². The molecule has 3 aliphatic heterocycles. The summed E-state index contributed by atoms with van der Waals surface area (Å²) in [5, 5.41) is -0.345. The molecule has 0 saturated carbocycles. The number of anilines is 3. The largest absolute Gasteiger partial charge is 0.378 e. The predicted molar refractivity (Wildman–Crippen MR) is 270 cm³/mol. The van der Waals surface area contributed by atoms with Crippen LogP contribution in [0.3, 0.4) is 0 Å². The Labute approximate surface area is 393 Å².